The van der Waals surface area contributed by atoms with Gasteiger partial charge >= 0.3 is 0 Å². The number of aromatic amines is 1. The Hall–Kier alpha value is -2.68. The summed E-state index contributed by atoms with van der Waals surface area (Å²) in [5, 5.41) is 4.40. The average molecular weight is 483 g/mol. The van der Waals surface area contributed by atoms with E-state index in [1.54, 1.807) is 11.2 Å². The summed E-state index contributed by atoms with van der Waals surface area (Å²) in [4.78, 5) is 15.6. The molecule has 1 aliphatic rings. The van der Waals surface area contributed by atoms with Crippen LogP contribution >= 0.6 is 0 Å². The van der Waals surface area contributed by atoms with Crippen molar-refractivity contribution in [1.29, 1.82) is 0 Å². The van der Waals surface area contributed by atoms with Crippen LogP contribution in [0.2, 0.25) is 0 Å². The van der Waals surface area contributed by atoms with Crippen LogP contribution in [-0.4, -0.2) is 48.5 Å². The van der Waals surface area contributed by atoms with Crippen LogP contribution in [0.4, 0.5) is 0 Å². The second-order valence-electron chi connectivity index (χ2n) is 9.36. The Bertz CT molecular complexity index is 1270. The minimum absolute atomic E-state index is 0.127. The second-order valence-corrected chi connectivity index (χ2v) is 11.6. The Balaban J connectivity index is 1.66. The van der Waals surface area contributed by atoms with Gasteiger partial charge in [0, 0.05) is 37.3 Å². The van der Waals surface area contributed by atoms with E-state index in [9.17, 15) is 13.2 Å². The first-order valence-corrected chi connectivity index (χ1v) is 13.6. The van der Waals surface area contributed by atoms with E-state index >= 15 is 0 Å². The number of aromatic nitrogens is 1. The standard InChI is InChI=1S/C26H34N4O3S/c1-4-34(32,33)30-11-9-20(10-12-30)24-16-29-25-22(24)13-21(14-23(25)26(27)31)19-7-5-18(6-8-19)15-28-17(2)3/h5-8,13-14,16-17,20,28-29H,4,9-12,15H2,1-3H3,(H2,27,31). The number of amides is 1. The number of hydrogen-bond donors (Lipinski definition) is 3. The Kier molecular flexibility index (Phi) is 7.12. The number of nitrogens with one attached hydrogen (secondary N) is 2. The van der Waals surface area contributed by atoms with E-state index in [1.165, 1.54) is 5.56 Å². The predicted octanol–water partition coefficient (Wildman–Crippen LogP) is 3.96. The van der Waals surface area contributed by atoms with Gasteiger partial charge < -0.3 is 16.0 Å². The van der Waals surface area contributed by atoms with Crippen LogP contribution in [-0.2, 0) is 16.6 Å². The molecule has 4 N–H and O–H groups in total. The number of H-pyrrole nitrogens is 1. The molecule has 0 unspecified atom stereocenters. The summed E-state index contributed by atoms with van der Waals surface area (Å²) < 4.78 is 26.1. The molecule has 2 aromatic carbocycles. The molecule has 3 aromatic rings. The fourth-order valence-corrected chi connectivity index (χ4v) is 5.85. The highest BCUT2D eigenvalue weighted by molar-refractivity contribution is 7.89. The van der Waals surface area contributed by atoms with Crippen molar-refractivity contribution in [1.82, 2.24) is 14.6 Å². The molecule has 0 aliphatic carbocycles. The maximum Gasteiger partial charge on any atom is 0.250 e. The van der Waals surface area contributed by atoms with Gasteiger partial charge in [-0.05, 0) is 60.1 Å². The van der Waals surface area contributed by atoms with Crippen molar-refractivity contribution >= 4 is 26.8 Å². The van der Waals surface area contributed by atoms with Crippen LogP contribution in [0, 0.1) is 0 Å². The molecule has 7 nitrogen and oxygen atoms in total. The average Bonchev–Trinajstić information content (AvgIpc) is 3.26. The number of carbonyl (C=O) groups excluding carboxylic acids is 1. The fourth-order valence-electron chi connectivity index (χ4n) is 4.72. The van der Waals surface area contributed by atoms with Gasteiger partial charge in [0.1, 0.15) is 0 Å². The Labute approximate surface area is 201 Å². The molecule has 0 atom stereocenters. The van der Waals surface area contributed by atoms with Crippen LogP contribution in [0.3, 0.4) is 0 Å². The number of nitrogens with two attached hydrogens (primary N) is 1. The summed E-state index contributed by atoms with van der Waals surface area (Å²) in [6, 6.07) is 12.7. The molecule has 0 saturated carbocycles. The third kappa shape index (κ3) is 5.04. The number of carbonyl (C=O) groups is 1. The molecule has 0 bridgehead atoms. The monoisotopic (exact) mass is 482 g/mol. The summed E-state index contributed by atoms with van der Waals surface area (Å²) in [5.74, 6) is -0.123. The number of primary amides is 1. The van der Waals surface area contributed by atoms with E-state index in [0.29, 0.717) is 24.7 Å². The highest BCUT2D eigenvalue weighted by Gasteiger charge is 2.29. The quantitative estimate of drug-likeness (QED) is 0.451. The molecule has 1 aromatic heterocycles. The van der Waals surface area contributed by atoms with E-state index in [1.807, 2.05) is 12.3 Å². The number of piperidine rings is 1. The number of hydrogen-bond acceptors (Lipinski definition) is 4. The van der Waals surface area contributed by atoms with Crippen molar-refractivity contribution < 1.29 is 13.2 Å². The van der Waals surface area contributed by atoms with Gasteiger partial charge in [0.15, 0.2) is 0 Å². The molecule has 1 fully saturated rings. The molecule has 2 heterocycles. The minimum atomic E-state index is -3.17. The molecule has 8 heteroatoms. The Morgan fingerprint density at radius 2 is 1.82 bits per heavy atom. The number of nitrogens with zero attached hydrogens (tertiary/aromatic N) is 1. The van der Waals surface area contributed by atoms with E-state index in [-0.39, 0.29) is 11.7 Å². The van der Waals surface area contributed by atoms with E-state index in [4.69, 9.17) is 5.73 Å². The van der Waals surface area contributed by atoms with E-state index in [0.717, 1.165) is 47.0 Å². The second kappa shape index (κ2) is 9.90. The van der Waals surface area contributed by atoms with E-state index in [2.05, 4.69) is 54.5 Å². The van der Waals surface area contributed by atoms with Crippen LogP contribution in [0.15, 0.2) is 42.6 Å². The molecule has 1 amide bonds. The van der Waals surface area contributed by atoms with Crippen LogP contribution in [0.25, 0.3) is 22.0 Å². The van der Waals surface area contributed by atoms with Crippen molar-refractivity contribution in [2.24, 2.45) is 5.73 Å². The lowest BCUT2D eigenvalue weighted by atomic mass is 9.88. The van der Waals surface area contributed by atoms with Gasteiger partial charge in [-0.1, -0.05) is 38.1 Å². The first-order chi connectivity index (χ1) is 16.2. The molecule has 4 rings (SSSR count). The van der Waals surface area contributed by atoms with Crippen molar-refractivity contribution in [2.75, 3.05) is 18.8 Å². The zero-order valence-electron chi connectivity index (χ0n) is 20.1. The molecule has 34 heavy (non-hydrogen) atoms. The van der Waals surface area contributed by atoms with Gasteiger partial charge in [-0.2, -0.15) is 0 Å². The lowest BCUT2D eigenvalue weighted by Crippen LogP contribution is -2.38. The minimum Gasteiger partial charge on any atom is -0.366 e. The molecule has 0 radical (unpaired) electrons. The lowest BCUT2D eigenvalue weighted by molar-refractivity contribution is 0.100. The smallest absolute Gasteiger partial charge is 0.250 e. The third-order valence-corrected chi connectivity index (χ3v) is 8.62. The predicted molar refractivity (Wildman–Crippen MR) is 137 cm³/mol. The summed E-state index contributed by atoms with van der Waals surface area (Å²) in [6.45, 7) is 7.76. The molecule has 0 spiro atoms. The third-order valence-electron chi connectivity index (χ3n) is 6.74. The van der Waals surface area contributed by atoms with Gasteiger partial charge in [-0.3, -0.25) is 4.79 Å². The highest BCUT2D eigenvalue weighted by atomic mass is 32.2. The van der Waals surface area contributed by atoms with Crippen molar-refractivity contribution in [3.8, 4) is 11.1 Å². The lowest BCUT2D eigenvalue weighted by Gasteiger charge is -2.31. The maximum absolute atomic E-state index is 12.3. The first-order valence-electron chi connectivity index (χ1n) is 11.9. The summed E-state index contributed by atoms with van der Waals surface area (Å²) in [6.07, 6.45) is 3.45. The van der Waals surface area contributed by atoms with Gasteiger partial charge in [0.2, 0.25) is 10.0 Å². The SMILES string of the molecule is CCS(=O)(=O)N1CCC(c2c[nH]c3c(C(N)=O)cc(-c4ccc(CNC(C)C)cc4)cc23)CC1. The molecular weight excluding hydrogens is 448 g/mol. The summed E-state index contributed by atoms with van der Waals surface area (Å²) in [5.41, 5.74) is 11.2. The first kappa shape index (κ1) is 24.4. The Morgan fingerprint density at radius 3 is 2.41 bits per heavy atom. The highest BCUT2D eigenvalue weighted by Crippen LogP contribution is 2.37. The van der Waals surface area contributed by atoms with E-state index < -0.39 is 15.9 Å². The normalized spacial score (nSPS) is 15.9. The van der Waals surface area contributed by atoms with Crippen LogP contribution < -0.4 is 11.1 Å². The Morgan fingerprint density at radius 1 is 1.15 bits per heavy atom. The number of sulfonamides is 1. The molecule has 1 saturated heterocycles. The van der Waals surface area contributed by atoms with Gasteiger partial charge in [0.05, 0.1) is 16.8 Å². The van der Waals surface area contributed by atoms with Crippen molar-refractivity contribution in [2.45, 2.75) is 52.1 Å². The number of rotatable bonds is 8. The van der Waals surface area contributed by atoms with Crippen LogP contribution in [0.5, 0.6) is 0 Å². The molecule has 1 aliphatic heterocycles. The van der Waals surface area contributed by atoms with Crippen molar-refractivity contribution in [3.05, 3.63) is 59.3 Å². The maximum atomic E-state index is 12.3. The van der Waals surface area contributed by atoms with Gasteiger partial charge in [-0.15, -0.1) is 0 Å². The zero-order valence-corrected chi connectivity index (χ0v) is 20.9. The fraction of sp³-hybridized carbons (Fsp3) is 0.423. The van der Waals surface area contributed by atoms with Crippen LogP contribution in [0.1, 0.15) is 61.0 Å². The molecule has 182 valence electrons. The van der Waals surface area contributed by atoms with Crippen molar-refractivity contribution in [3.63, 3.8) is 0 Å². The summed E-state index contributed by atoms with van der Waals surface area (Å²) >= 11 is 0. The summed E-state index contributed by atoms with van der Waals surface area (Å²) in [7, 11) is -3.17. The zero-order chi connectivity index (χ0) is 24.5. The van der Waals surface area contributed by atoms with Gasteiger partial charge in [0.25, 0.3) is 5.91 Å². The van der Waals surface area contributed by atoms with Gasteiger partial charge in [-0.25, -0.2) is 12.7 Å². The number of fused-ring (bicyclic) bond motifs is 1. The molecular formula is C26H34N4O3S. The number of benzene rings is 2. The topological polar surface area (TPSA) is 108 Å². The largest absolute Gasteiger partial charge is 0.366 e.